The van der Waals surface area contributed by atoms with Crippen LogP contribution in [-0.4, -0.2) is 22.4 Å². The number of aromatic nitrogens is 1. The predicted molar refractivity (Wildman–Crippen MR) is 56.5 cm³/mol. The highest BCUT2D eigenvalue weighted by Gasteiger charge is 2.11. The van der Waals surface area contributed by atoms with Gasteiger partial charge in [0, 0.05) is 6.92 Å². The van der Waals surface area contributed by atoms with Gasteiger partial charge in [0.25, 0.3) is 0 Å². The zero-order chi connectivity index (χ0) is 12.0. The number of pyridine rings is 1. The van der Waals surface area contributed by atoms with Crippen molar-refractivity contribution >= 4 is 11.7 Å². The molecular formula is C10H9N3O3. The SMILES string of the molecule is CC(=O)NCC#Cc1cccnc1[N+](=O)[O-]. The molecule has 82 valence electrons. The second kappa shape index (κ2) is 5.46. The van der Waals surface area contributed by atoms with Gasteiger partial charge in [0.05, 0.1) is 6.54 Å². The van der Waals surface area contributed by atoms with Gasteiger partial charge in [-0.1, -0.05) is 11.8 Å². The second-order valence-electron chi connectivity index (χ2n) is 2.84. The monoisotopic (exact) mass is 219 g/mol. The first kappa shape index (κ1) is 11.7. The van der Waals surface area contributed by atoms with Crippen LogP contribution in [0.5, 0.6) is 0 Å². The van der Waals surface area contributed by atoms with Crippen LogP contribution in [0.3, 0.4) is 0 Å². The largest absolute Gasteiger partial charge is 0.379 e. The van der Waals surface area contributed by atoms with Crippen molar-refractivity contribution in [3.8, 4) is 11.8 Å². The van der Waals surface area contributed by atoms with Crippen LogP contribution >= 0.6 is 0 Å². The van der Waals surface area contributed by atoms with Gasteiger partial charge >= 0.3 is 5.82 Å². The molecule has 6 heteroatoms. The minimum Gasteiger partial charge on any atom is -0.358 e. The third-order valence-electron chi connectivity index (χ3n) is 1.61. The summed E-state index contributed by atoms with van der Waals surface area (Å²) < 4.78 is 0. The van der Waals surface area contributed by atoms with E-state index in [0.29, 0.717) is 0 Å². The van der Waals surface area contributed by atoms with Crippen molar-refractivity contribution in [3.05, 3.63) is 34.0 Å². The highest BCUT2D eigenvalue weighted by Crippen LogP contribution is 2.11. The van der Waals surface area contributed by atoms with Crippen molar-refractivity contribution in [2.24, 2.45) is 0 Å². The molecule has 0 fully saturated rings. The normalized spacial score (nSPS) is 8.81. The van der Waals surface area contributed by atoms with Crippen molar-refractivity contribution in [2.45, 2.75) is 6.92 Å². The molecule has 1 N–H and O–H groups in total. The van der Waals surface area contributed by atoms with Gasteiger partial charge in [-0.05, 0) is 22.0 Å². The number of carbonyl (C=O) groups excluding carboxylic acids is 1. The molecule has 1 amide bonds. The minimum absolute atomic E-state index is 0.154. The van der Waals surface area contributed by atoms with Crippen LogP contribution < -0.4 is 5.32 Å². The molecule has 0 aromatic carbocycles. The Morgan fingerprint density at radius 1 is 1.69 bits per heavy atom. The summed E-state index contributed by atoms with van der Waals surface area (Å²) in [6, 6.07) is 3.07. The number of nitro groups is 1. The quantitative estimate of drug-likeness (QED) is 0.445. The van der Waals surface area contributed by atoms with E-state index in [4.69, 9.17) is 0 Å². The third kappa shape index (κ3) is 3.38. The van der Waals surface area contributed by atoms with Crippen molar-refractivity contribution < 1.29 is 9.72 Å². The lowest BCUT2D eigenvalue weighted by molar-refractivity contribution is -0.389. The fourth-order valence-corrected chi connectivity index (χ4v) is 0.948. The Bertz CT molecular complexity index is 474. The lowest BCUT2D eigenvalue weighted by atomic mass is 10.2. The molecule has 16 heavy (non-hydrogen) atoms. The Morgan fingerprint density at radius 2 is 2.44 bits per heavy atom. The Balaban J connectivity index is 2.80. The van der Waals surface area contributed by atoms with Gasteiger partial charge in [-0.25, -0.2) is 0 Å². The Hall–Kier alpha value is -2.42. The van der Waals surface area contributed by atoms with E-state index in [9.17, 15) is 14.9 Å². The lowest BCUT2D eigenvalue weighted by Gasteiger charge is -1.94. The summed E-state index contributed by atoms with van der Waals surface area (Å²) in [5, 5.41) is 13.0. The molecule has 0 saturated carbocycles. The summed E-state index contributed by atoms with van der Waals surface area (Å²) in [6.45, 7) is 1.52. The van der Waals surface area contributed by atoms with E-state index in [1.165, 1.54) is 19.2 Å². The van der Waals surface area contributed by atoms with Crippen molar-refractivity contribution in [3.63, 3.8) is 0 Å². The maximum Gasteiger partial charge on any atom is 0.379 e. The van der Waals surface area contributed by atoms with E-state index >= 15 is 0 Å². The highest BCUT2D eigenvalue weighted by molar-refractivity contribution is 5.73. The van der Waals surface area contributed by atoms with Gasteiger partial charge in [-0.15, -0.1) is 0 Å². The average Bonchev–Trinajstić information content (AvgIpc) is 2.24. The van der Waals surface area contributed by atoms with Gasteiger partial charge in [-0.3, -0.25) is 4.79 Å². The number of nitrogens with zero attached hydrogens (tertiary/aromatic N) is 2. The number of carbonyl (C=O) groups is 1. The summed E-state index contributed by atoms with van der Waals surface area (Å²) in [6.07, 6.45) is 1.33. The summed E-state index contributed by atoms with van der Waals surface area (Å²) in [5.74, 6) is 4.70. The maximum absolute atomic E-state index is 10.6. The molecule has 0 bridgehead atoms. The molecule has 1 aromatic heterocycles. The van der Waals surface area contributed by atoms with Gasteiger partial charge in [0.15, 0.2) is 0 Å². The van der Waals surface area contributed by atoms with Gasteiger partial charge in [0.1, 0.15) is 11.8 Å². The van der Waals surface area contributed by atoms with E-state index in [2.05, 4.69) is 22.1 Å². The molecule has 1 aromatic rings. The van der Waals surface area contributed by atoms with Gasteiger partial charge in [0.2, 0.25) is 5.91 Å². The fraction of sp³-hybridized carbons (Fsp3) is 0.200. The van der Waals surface area contributed by atoms with Gasteiger partial charge in [-0.2, -0.15) is 0 Å². The molecule has 0 aliphatic heterocycles. The zero-order valence-electron chi connectivity index (χ0n) is 8.56. The number of hydrogen-bond acceptors (Lipinski definition) is 4. The molecule has 0 unspecified atom stereocenters. The smallest absolute Gasteiger partial charge is 0.358 e. The Morgan fingerprint density at radius 3 is 3.06 bits per heavy atom. The summed E-state index contributed by atoms with van der Waals surface area (Å²) in [7, 11) is 0. The molecule has 0 aliphatic carbocycles. The van der Waals surface area contributed by atoms with Crippen LogP contribution in [0, 0.1) is 22.0 Å². The molecule has 0 radical (unpaired) electrons. The second-order valence-corrected chi connectivity index (χ2v) is 2.84. The van der Waals surface area contributed by atoms with Crippen molar-refractivity contribution in [2.75, 3.05) is 6.54 Å². The molecule has 6 nitrogen and oxygen atoms in total. The first-order valence-corrected chi connectivity index (χ1v) is 4.44. The molecule has 0 aliphatic rings. The number of nitrogens with one attached hydrogen (secondary N) is 1. The molecule has 1 rings (SSSR count). The maximum atomic E-state index is 10.6. The molecule has 0 spiro atoms. The van der Waals surface area contributed by atoms with E-state index in [1.807, 2.05) is 0 Å². The summed E-state index contributed by atoms with van der Waals surface area (Å²) in [4.78, 5) is 24.1. The first-order valence-electron chi connectivity index (χ1n) is 4.44. The number of rotatable bonds is 2. The molecule has 1 heterocycles. The third-order valence-corrected chi connectivity index (χ3v) is 1.61. The number of amides is 1. The van der Waals surface area contributed by atoms with Crippen LogP contribution in [0.15, 0.2) is 18.3 Å². The first-order chi connectivity index (χ1) is 7.61. The standard InChI is InChI=1S/C10H9N3O3/c1-8(14)11-6-2-4-9-5-3-7-12-10(9)13(15)16/h3,5,7H,6H2,1H3,(H,11,14). The van der Waals surface area contributed by atoms with E-state index in [-0.39, 0.29) is 23.8 Å². The van der Waals surface area contributed by atoms with E-state index in [0.717, 1.165) is 0 Å². The zero-order valence-corrected chi connectivity index (χ0v) is 8.56. The van der Waals surface area contributed by atoms with Crippen LogP contribution in [0.1, 0.15) is 12.5 Å². The van der Waals surface area contributed by atoms with Crippen LogP contribution in [0.25, 0.3) is 0 Å². The fourth-order valence-electron chi connectivity index (χ4n) is 0.948. The van der Waals surface area contributed by atoms with Crippen LogP contribution in [0.2, 0.25) is 0 Å². The number of hydrogen-bond donors (Lipinski definition) is 1. The van der Waals surface area contributed by atoms with Crippen LogP contribution in [-0.2, 0) is 4.79 Å². The molecular weight excluding hydrogens is 210 g/mol. The summed E-state index contributed by atoms with van der Waals surface area (Å²) in [5.41, 5.74) is 0.234. The predicted octanol–water partition coefficient (Wildman–Crippen LogP) is 0.477. The van der Waals surface area contributed by atoms with Crippen molar-refractivity contribution in [1.29, 1.82) is 0 Å². The molecule has 0 atom stereocenters. The van der Waals surface area contributed by atoms with Crippen molar-refractivity contribution in [1.82, 2.24) is 10.3 Å². The Labute approximate surface area is 91.8 Å². The van der Waals surface area contributed by atoms with Crippen LogP contribution in [0.4, 0.5) is 5.82 Å². The van der Waals surface area contributed by atoms with E-state index in [1.54, 1.807) is 6.07 Å². The minimum atomic E-state index is -0.595. The molecule has 0 saturated heterocycles. The highest BCUT2D eigenvalue weighted by atomic mass is 16.6. The average molecular weight is 219 g/mol. The lowest BCUT2D eigenvalue weighted by Crippen LogP contribution is -2.19. The Kier molecular flexibility index (Phi) is 3.98. The topological polar surface area (TPSA) is 85.1 Å². The van der Waals surface area contributed by atoms with Gasteiger partial charge < -0.3 is 15.4 Å². The van der Waals surface area contributed by atoms with E-state index < -0.39 is 4.92 Å². The summed E-state index contributed by atoms with van der Waals surface area (Å²) >= 11 is 0.